The van der Waals surface area contributed by atoms with Crippen molar-refractivity contribution in [3.63, 3.8) is 0 Å². The Balaban J connectivity index is 4.52. The third-order valence-corrected chi connectivity index (χ3v) is 2.96. The third-order valence-electron chi connectivity index (χ3n) is 1.96. The van der Waals surface area contributed by atoms with Crippen LogP contribution in [0, 0.1) is 5.41 Å². The summed E-state index contributed by atoms with van der Waals surface area (Å²) in [5.41, 5.74) is -2.34. The second kappa shape index (κ2) is 5.80. The van der Waals surface area contributed by atoms with Gasteiger partial charge in [-0.2, -0.15) is 0 Å². The maximum absolute atomic E-state index is 12.5. The Kier molecular flexibility index (Phi) is 5.73. The summed E-state index contributed by atoms with van der Waals surface area (Å²) in [5.74, 6) is -0.583. The van der Waals surface area contributed by atoms with Crippen molar-refractivity contribution in [3.8, 4) is 0 Å². The van der Waals surface area contributed by atoms with Gasteiger partial charge < -0.3 is 5.32 Å². The number of alkyl halides is 2. The van der Waals surface area contributed by atoms with E-state index < -0.39 is 22.3 Å². The lowest BCUT2D eigenvalue weighted by molar-refractivity contribution is -0.124. The van der Waals surface area contributed by atoms with E-state index in [1.54, 1.807) is 6.26 Å². The lowest BCUT2D eigenvalue weighted by Gasteiger charge is -2.30. The second-order valence-corrected chi connectivity index (χ2v) is 6.33. The van der Waals surface area contributed by atoms with Crippen LogP contribution in [-0.4, -0.2) is 33.8 Å². The number of hydrogen-bond donors (Lipinski definition) is 1. The van der Waals surface area contributed by atoms with Gasteiger partial charge in [-0.05, 0) is 5.41 Å². The Morgan fingerprint density at radius 1 is 1.53 bits per heavy atom. The zero-order valence-corrected chi connectivity index (χ0v) is 10.9. The fraction of sp³-hybridized carbons (Fsp3) is 0.889. The van der Waals surface area contributed by atoms with Gasteiger partial charge in [-0.3, -0.25) is 9.00 Å². The van der Waals surface area contributed by atoms with Crippen molar-refractivity contribution in [2.75, 3.05) is 12.0 Å². The van der Waals surface area contributed by atoms with Crippen molar-refractivity contribution in [2.24, 2.45) is 5.41 Å². The molecule has 0 aliphatic heterocycles. The van der Waals surface area contributed by atoms with Crippen LogP contribution in [0.4, 0.5) is 4.39 Å². The minimum absolute atomic E-state index is 0.285. The minimum Gasteiger partial charge on any atom is -0.348 e. The van der Waals surface area contributed by atoms with Crippen LogP contribution in [0.5, 0.6) is 0 Å². The molecule has 3 nitrogen and oxygen atoms in total. The van der Waals surface area contributed by atoms with Gasteiger partial charge in [-0.15, -0.1) is 0 Å². The molecule has 6 heteroatoms. The van der Waals surface area contributed by atoms with E-state index in [2.05, 4.69) is 5.32 Å². The summed E-state index contributed by atoms with van der Waals surface area (Å²) in [7, 11) is -1.05. The van der Waals surface area contributed by atoms with Crippen molar-refractivity contribution in [1.82, 2.24) is 5.32 Å². The predicted octanol–water partition coefficient (Wildman–Crippen LogP) is 1.43. The summed E-state index contributed by atoms with van der Waals surface area (Å²) in [4.78, 5) is 11.1. The molecule has 0 saturated carbocycles. The van der Waals surface area contributed by atoms with Gasteiger partial charge in [0.25, 0.3) is 11.5 Å². The molecule has 0 saturated heterocycles. The molecule has 3 unspecified atom stereocenters. The van der Waals surface area contributed by atoms with Crippen LogP contribution in [0.1, 0.15) is 20.8 Å². The predicted molar refractivity (Wildman–Crippen MR) is 61.1 cm³/mol. The summed E-state index contributed by atoms with van der Waals surface area (Å²) in [5, 5.41) is 2.45. The van der Waals surface area contributed by atoms with E-state index in [9.17, 15) is 13.4 Å². The fourth-order valence-electron chi connectivity index (χ4n) is 0.978. The van der Waals surface area contributed by atoms with Crippen LogP contribution in [0.15, 0.2) is 0 Å². The van der Waals surface area contributed by atoms with Crippen LogP contribution in [-0.2, 0) is 15.6 Å². The van der Waals surface area contributed by atoms with Gasteiger partial charge in [0.05, 0.1) is 0 Å². The molecule has 0 fully saturated rings. The van der Waals surface area contributed by atoms with E-state index in [0.717, 1.165) is 0 Å². The van der Waals surface area contributed by atoms with Gasteiger partial charge in [0, 0.05) is 28.9 Å². The lowest BCUT2D eigenvalue weighted by atomic mass is 9.88. The van der Waals surface area contributed by atoms with Crippen LogP contribution in [0.25, 0.3) is 0 Å². The van der Waals surface area contributed by atoms with E-state index in [1.165, 1.54) is 0 Å². The van der Waals surface area contributed by atoms with Gasteiger partial charge in [0.1, 0.15) is 0 Å². The van der Waals surface area contributed by atoms with E-state index >= 15 is 0 Å². The third kappa shape index (κ3) is 6.10. The molecule has 0 aromatic carbocycles. The zero-order chi connectivity index (χ0) is 12.2. The summed E-state index contributed by atoms with van der Waals surface area (Å²) >= 11 is 5.00. The van der Waals surface area contributed by atoms with Crippen LogP contribution in [0.3, 0.4) is 0 Å². The first-order valence-electron chi connectivity index (χ1n) is 4.53. The van der Waals surface area contributed by atoms with Crippen LogP contribution < -0.4 is 5.32 Å². The van der Waals surface area contributed by atoms with Crippen molar-refractivity contribution < 1.29 is 13.4 Å². The topological polar surface area (TPSA) is 46.2 Å². The largest absolute Gasteiger partial charge is 0.348 e. The number of halogens is 2. The smallest absolute Gasteiger partial charge is 0.270 e. The number of hydrogen-bond acceptors (Lipinski definition) is 2. The SMILES string of the molecule is CS(=O)CC(NC(=O)C(F)Cl)C(C)(C)C. The molecule has 0 heterocycles. The summed E-state index contributed by atoms with van der Waals surface area (Å²) in [6, 6.07) is -0.354. The van der Waals surface area contributed by atoms with Gasteiger partial charge in [0.2, 0.25) is 0 Å². The molecule has 1 N–H and O–H groups in total. The highest BCUT2D eigenvalue weighted by molar-refractivity contribution is 7.84. The molecule has 0 aromatic heterocycles. The molecular weight excluding hydrogens is 241 g/mol. The molecule has 0 aliphatic rings. The standard InChI is InChI=1S/C9H17ClFNO2S/c1-9(2,3)6(5-15(4)14)12-8(13)7(10)11/h6-7H,5H2,1-4H3,(H,12,13). The van der Waals surface area contributed by atoms with E-state index in [4.69, 9.17) is 11.6 Å². The van der Waals surface area contributed by atoms with Crippen molar-refractivity contribution in [2.45, 2.75) is 32.4 Å². The molecule has 3 atom stereocenters. The number of nitrogens with one attached hydrogen (secondary N) is 1. The molecule has 0 aliphatic carbocycles. The maximum Gasteiger partial charge on any atom is 0.270 e. The van der Waals surface area contributed by atoms with Crippen molar-refractivity contribution >= 4 is 28.3 Å². The minimum atomic E-state index is -2.06. The average Bonchev–Trinajstić information content (AvgIpc) is 2.00. The first kappa shape index (κ1) is 14.8. The molecule has 15 heavy (non-hydrogen) atoms. The van der Waals surface area contributed by atoms with Crippen molar-refractivity contribution in [3.05, 3.63) is 0 Å². The first-order valence-corrected chi connectivity index (χ1v) is 6.69. The molecule has 0 spiro atoms. The van der Waals surface area contributed by atoms with Gasteiger partial charge in [0.15, 0.2) is 0 Å². The lowest BCUT2D eigenvalue weighted by Crippen LogP contribution is -2.48. The zero-order valence-electron chi connectivity index (χ0n) is 9.34. The molecule has 0 radical (unpaired) electrons. The van der Waals surface area contributed by atoms with E-state index in [1.807, 2.05) is 20.8 Å². The highest BCUT2D eigenvalue weighted by atomic mass is 35.5. The number of rotatable bonds is 4. The summed E-state index contributed by atoms with van der Waals surface area (Å²) in [6.45, 7) is 5.64. The number of carbonyl (C=O) groups is 1. The quantitative estimate of drug-likeness (QED) is 0.775. The van der Waals surface area contributed by atoms with Crippen molar-refractivity contribution in [1.29, 1.82) is 0 Å². The molecule has 0 rings (SSSR count). The highest BCUT2D eigenvalue weighted by Crippen LogP contribution is 2.20. The second-order valence-electron chi connectivity index (χ2n) is 4.47. The first-order chi connectivity index (χ1) is 6.64. The molecule has 90 valence electrons. The fourth-order valence-corrected chi connectivity index (χ4v) is 2.09. The monoisotopic (exact) mass is 257 g/mol. The Bertz CT molecular complexity index is 253. The highest BCUT2D eigenvalue weighted by Gasteiger charge is 2.29. The molecule has 0 bridgehead atoms. The Hall–Kier alpha value is -0.160. The van der Waals surface area contributed by atoms with Gasteiger partial charge in [-0.25, -0.2) is 4.39 Å². The summed E-state index contributed by atoms with van der Waals surface area (Å²) < 4.78 is 23.5. The molecule has 0 aromatic rings. The maximum atomic E-state index is 12.5. The van der Waals surface area contributed by atoms with E-state index in [0.29, 0.717) is 5.75 Å². The molecule has 1 amide bonds. The number of amides is 1. The Morgan fingerprint density at radius 3 is 2.27 bits per heavy atom. The normalized spacial score (nSPS) is 18.0. The summed E-state index contributed by atoms with van der Waals surface area (Å²) in [6.07, 6.45) is 1.54. The van der Waals surface area contributed by atoms with Crippen LogP contribution >= 0.6 is 11.6 Å². The molecular formula is C9H17ClFNO2S. The van der Waals surface area contributed by atoms with Gasteiger partial charge in [-0.1, -0.05) is 32.4 Å². The van der Waals surface area contributed by atoms with E-state index in [-0.39, 0.29) is 11.5 Å². The Morgan fingerprint density at radius 2 is 2.00 bits per heavy atom. The number of carbonyl (C=O) groups excluding carboxylic acids is 1. The Labute approximate surface area is 97.2 Å². The average molecular weight is 258 g/mol. The van der Waals surface area contributed by atoms with Crippen LogP contribution in [0.2, 0.25) is 0 Å². The van der Waals surface area contributed by atoms with Gasteiger partial charge >= 0.3 is 0 Å².